The van der Waals surface area contributed by atoms with E-state index in [1.165, 1.54) is 23.7 Å². The lowest BCUT2D eigenvalue weighted by Crippen LogP contribution is -2.27. The number of aromatic nitrogens is 1. The lowest BCUT2D eigenvalue weighted by molar-refractivity contribution is -0.0498. The third kappa shape index (κ3) is 4.16. The molecule has 0 bridgehead atoms. The number of benzene rings is 1. The van der Waals surface area contributed by atoms with E-state index < -0.39 is 6.61 Å². The zero-order valence-electron chi connectivity index (χ0n) is 12.9. The maximum atomic E-state index is 12.4. The summed E-state index contributed by atoms with van der Waals surface area (Å²) < 4.78 is 32.7. The van der Waals surface area contributed by atoms with Crippen molar-refractivity contribution in [3.05, 3.63) is 41.1 Å². The lowest BCUT2D eigenvalue weighted by atomic mass is 10.1. The monoisotopic (exact) mass is 341 g/mol. The molecule has 23 heavy (non-hydrogen) atoms. The predicted molar refractivity (Wildman–Crippen MR) is 85.4 cm³/mol. The van der Waals surface area contributed by atoms with Crippen LogP contribution in [0.4, 0.5) is 13.8 Å². The van der Waals surface area contributed by atoms with Gasteiger partial charge in [-0.1, -0.05) is 12.1 Å². The number of nitrogens with zero attached hydrogens (tertiary/aromatic N) is 1. The molecule has 8 heteroatoms. The van der Waals surface area contributed by atoms with Crippen molar-refractivity contribution >= 4 is 22.4 Å². The molecule has 0 saturated carbocycles. The highest BCUT2D eigenvalue weighted by atomic mass is 32.1. The Balaban J connectivity index is 2.07. The van der Waals surface area contributed by atoms with Crippen LogP contribution in [0.3, 0.4) is 0 Å². The first-order chi connectivity index (χ1) is 10.9. The Labute approximate surface area is 136 Å². The highest BCUT2D eigenvalue weighted by Crippen LogP contribution is 2.25. The highest BCUT2D eigenvalue weighted by molar-refractivity contribution is 7.10. The second-order valence-corrected chi connectivity index (χ2v) is 5.64. The van der Waals surface area contributed by atoms with Crippen molar-refractivity contribution < 1.29 is 18.3 Å². The number of hydrogen-bond acceptors (Lipinski definition) is 5. The molecule has 0 unspecified atom stereocenters. The van der Waals surface area contributed by atoms with E-state index in [1.807, 2.05) is 6.92 Å². The highest BCUT2D eigenvalue weighted by Gasteiger charge is 2.19. The fourth-order valence-corrected chi connectivity index (χ4v) is 2.84. The van der Waals surface area contributed by atoms with Gasteiger partial charge < -0.3 is 15.4 Å². The molecule has 1 heterocycles. The first-order valence-corrected chi connectivity index (χ1v) is 7.69. The molecular weight excluding hydrogens is 324 g/mol. The minimum atomic E-state index is -2.85. The third-order valence-corrected chi connectivity index (χ3v) is 4.23. The van der Waals surface area contributed by atoms with Gasteiger partial charge in [-0.3, -0.25) is 4.79 Å². The van der Waals surface area contributed by atoms with Gasteiger partial charge in [0.05, 0.1) is 17.3 Å². The molecular formula is C15H17F2N3O2S. The summed E-state index contributed by atoms with van der Waals surface area (Å²) in [5, 5.41) is 6.52. The topological polar surface area (TPSA) is 63.2 Å². The third-order valence-electron chi connectivity index (χ3n) is 3.27. The van der Waals surface area contributed by atoms with Gasteiger partial charge in [-0.05, 0) is 43.1 Å². The van der Waals surface area contributed by atoms with Crippen molar-refractivity contribution in [2.45, 2.75) is 26.5 Å². The number of aryl methyl sites for hydroxylation is 1. The Kier molecular flexibility index (Phi) is 5.49. The van der Waals surface area contributed by atoms with Gasteiger partial charge in [0, 0.05) is 7.05 Å². The fourth-order valence-electron chi connectivity index (χ4n) is 2.10. The summed E-state index contributed by atoms with van der Waals surface area (Å²) in [5.41, 5.74) is 1.96. The van der Waals surface area contributed by atoms with Crippen molar-refractivity contribution in [3.8, 4) is 5.75 Å². The van der Waals surface area contributed by atoms with Gasteiger partial charge in [-0.15, -0.1) is 0 Å². The Morgan fingerprint density at radius 3 is 2.52 bits per heavy atom. The maximum absolute atomic E-state index is 12.4. The number of nitrogens with one attached hydrogen (secondary N) is 2. The average Bonchev–Trinajstić information content (AvgIpc) is 2.88. The summed E-state index contributed by atoms with van der Waals surface area (Å²) in [7, 11) is 1.73. The molecule has 124 valence electrons. The molecule has 1 aromatic carbocycles. The van der Waals surface area contributed by atoms with Gasteiger partial charge in [0.25, 0.3) is 5.91 Å². The molecule has 0 aliphatic carbocycles. The summed E-state index contributed by atoms with van der Waals surface area (Å²) >= 11 is 1.23. The molecule has 2 aromatic rings. The minimum absolute atomic E-state index is 0.0811. The van der Waals surface area contributed by atoms with E-state index >= 15 is 0 Å². The smallest absolute Gasteiger partial charge is 0.387 e. The molecule has 0 saturated heterocycles. The van der Waals surface area contributed by atoms with Crippen LogP contribution in [-0.2, 0) is 0 Å². The summed E-state index contributed by atoms with van der Waals surface area (Å²) in [5.74, 6) is -0.154. The van der Waals surface area contributed by atoms with Gasteiger partial charge in [0.2, 0.25) is 0 Å². The molecule has 1 atom stereocenters. The average molecular weight is 341 g/mol. The van der Waals surface area contributed by atoms with Gasteiger partial charge >= 0.3 is 6.61 Å². The lowest BCUT2D eigenvalue weighted by Gasteiger charge is -2.15. The number of hydrogen-bond donors (Lipinski definition) is 2. The maximum Gasteiger partial charge on any atom is 0.387 e. The van der Waals surface area contributed by atoms with E-state index in [1.54, 1.807) is 26.1 Å². The largest absolute Gasteiger partial charge is 0.435 e. The van der Waals surface area contributed by atoms with Crippen LogP contribution in [0.25, 0.3) is 0 Å². The minimum Gasteiger partial charge on any atom is -0.435 e. The van der Waals surface area contributed by atoms with Crippen LogP contribution >= 0.6 is 11.5 Å². The number of anilines is 1. The number of amides is 1. The molecule has 0 fully saturated rings. The van der Waals surface area contributed by atoms with E-state index in [0.717, 1.165) is 5.56 Å². The van der Waals surface area contributed by atoms with Crippen LogP contribution in [-0.4, -0.2) is 23.9 Å². The Morgan fingerprint density at radius 1 is 1.30 bits per heavy atom. The first kappa shape index (κ1) is 17.1. The van der Waals surface area contributed by atoms with Crippen molar-refractivity contribution in [3.63, 3.8) is 0 Å². The number of rotatable bonds is 6. The zero-order chi connectivity index (χ0) is 17.0. The number of carbonyl (C=O) groups excluding carboxylic acids is 1. The van der Waals surface area contributed by atoms with Crippen molar-refractivity contribution in [1.29, 1.82) is 0 Å². The van der Waals surface area contributed by atoms with Gasteiger partial charge in [-0.2, -0.15) is 13.2 Å². The van der Waals surface area contributed by atoms with Crippen molar-refractivity contribution in [2.75, 3.05) is 12.4 Å². The molecule has 1 amide bonds. The van der Waals surface area contributed by atoms with Gasteiger partial charge in [-0.25, -0.2) is 0 Å². The van der Waals surface area contributed by atoms with Crippen molar-refractivity contribution in [1.82, 2.24) is 9.69 Å². The normalized spacial score (nSPS) is 12.1. The van der Waals surface area contributed by atoms with E-state index in [9.17, 15) is 13.6 Å². The van der Waals surface area contributed by atoms with Crippen LogP contribution < -0.4 is 15.4 Å². The quantitative estimate of drug-likeness (QED) is 0.843. The van der Waals surface area contributed by atoms with Crippen LogP contribution in [0.1, 0.15) is 34.6 Å². The van der Waals surface area contributed by atoms with Crippen LogP contribution in [0.2, 0.25) is 0 Å². The molecule has 0 aliphatic heterocycles. The number of halogens is 2. The second kappa shape index (κ2) is 7.36. The Morgan fingerprint density at radius 2 is 1.96 bits per heavy atom. The summed E-state index contributed by atoms with van der Waals surface area (Å²) in [6.45, 7) is 0.731. The molecule has 1 aromatic heterocycles. The molecule has 0 radical (unpaired) electrons. The SMILES string of the molecule is CNc1snc(C)c1C(=O)N[C@H](C)c1ccc(OC(F)F)cc1. The number of carbonyl (C=O) groups is 1. The fraction of sp³-hybridized carbons (Fsp3) is 0.333. The molecule has 0 aliphatic rings. The number of alkyl halides is 2. The molecule has 2 rings (SSSR count). The van der Waals surface area contributed by atoms with Crippen molar-refractivity contribution in [2.24, 2.45) is 0 Å². The van der Waals surface area contributed by atoms with Gasteiger partial charge in [0.1, 0.15) is 10.8 Å². The van der Waals surface area contributed by atoms with Crippen LogP contribution in [0.5, 0.6) is 5.75 Å². The number of ether oxygens (including phenoxy) is 1. The Hall–Kier alpha value is -2.22. The Bertz CT molecular complexity index is 674. The molecule has 0 spiro atoms. The van der Waals surface area contributed by atoms with Crippen LogP contribution in [0, 0.1) is 6.92 Å². The van der Waals surface area contributed by atoms with E-state index in [2.05, 4.69) is 19.7 Å². The van der Waals surface area contributed by atoms with E-state index in [-0.39, 0.29) is 17.7 Å². The predicted octanol–water partition coefficient (Wildman–Crippen LogP) is 3.59. The molecule has 5 nitrogen and oxygen atoms in total. The zero-order valence-corrected chi connectivity index (χ0v) is 13.7. The molecule has 2 N–H and O–H groups in total. The van der Waals surface area contributed by atoms with Gasteiger partial charge in [0.15, 0.2) is 0 Å². The first-order valence-electron chi connectivity index (χ1n) is 6.92. The summed E-state index contributed by atoms with van der Waals surface area (Å²) in [4.78, 5) is 12.4. The van der Waals surface area contributed by atoms with E-state index in [0.29, 0.717) is 16.3 Å². The van der Waals surface area contributed by atoms with E-state index in [4.69, 9.17) is 0 Å². The summed E-state index contributed by atoms with van der Waals surface area (Å²) in [6, 6.07) is 5.88. The second-order valence-electron chi connectivity index (χ2n) is 4.86. The van der Waals surface area contributed by atoms with Crippen LogP contribution in [0.15, 0.2) is 24.3 Å². The standard InChI is InChI=1S/C15H17F2N3O2S/c1-8(10-4-6-11(7-5-10)22-15(16)17)19-13(21)12-9(2)20-23-14(12)18-3/h4-8,15,18H,1-3H3,(H,19,21)/t8-/m1/s1. The summed E-state index contributed by atoms with van der Waals surface area (Å²) in [6.07, 6.45) is 0.